The number of piperidine rings is 1. The number of carbonyl (C=O) groups is 3. The normalized spacial score (nSPS) is 18.0. The van der Waals surface area contributed by atoms with E-state index in [9.17, 15) is 14.4 Å². The molecule has 3 fully saturated rings. The molecule has 15 rings (SSSR count). The summed E-state index contributed by atoms with van der Waals surface area (Å²) < 4.78 is 22.9. The van der Waals surface area contributed by atoms with Crippen molar-refractivity contribution >= 4 is 156 Å². The van der Waals surface area contributed by atoms with Crippen LogP contribution in [0.4, 0.5) is 0 Å². The molecule has 18 nitrogen and oxygen atoms in total. The van der Waals surface area contributed by atoms with Crippen molar-refractivity contribution in [3.05, 3.63) is 203 Å². The number of thiophene rings is 3. The van der Waals surface area contributed by atoms with Gasteiger partial charge in [-0.15, -0.1) is 34.0 Å². The Hall–Kier alpha value is -6.48. The van der Waals surface area contributed by atoms with Crippen LogP contribution in [0.15, 0.2) is 107 Å². The van der Waals surface area contributed by atoms with Gasteiger partial charge in [0.1, 0.15) is 0 Å². The molecular weight excluding hydrogens is 1400 g/mol. The molecule has 3 aromatic carbocycles. The molecule has 0 unspecified atom stereocenters. The van der Waals surface area contributed by atoms with E-state index in [4.69, 9.17) is 99.1 Å². The molecule has 0 saturated carbocycles. The van der Waals surface area contributed by atoms with Crippen molar-refractivity contribution in [1.29, 1.82) is 0 Å². The Bertz CT molecular complexity index is 4370. The van der Waals surface area contributed by atoms with Gasteiger partial charge in [-0.2, -0.15) is 15.3 Å². The highest BCUT2D eigenvalue weighted by Gasteiger charge is 2.35. The van der Waals surface area contributed by atoms with E-state index in [1.54, 1.807) is 84.5 Å². The van der Waals surface area contributed by atoms with E-state index in [1.807, 2.05) is 79.7 Å². The summed E-state index contributed by atoms with van der Waals surface area (Å²) in [6, 6.07) is 28.0. The first-order valence-electron chi connectivity index (χ1n) is 31.7. The minimum absolute atomic E-state index is 0.224. The van der Waals surface area contributed by atoms with Crippen molar-refractivity contribution < 1.29 is 28.6 Å². The molecule has 12 heterocycles. The lowest BCUT2D eigenvalue weighted by molar-refractivity contribution is 0.0736. The number of halogens is 6. The lowest BCUT2D eigenvalue weighted by Gasteiger charge is -2.26. The number of aromatic nitrogens is 6. The van der Waals surface area contributed by atoms with Crippen molar-refractivity contribution in [3.8, 4) is 17.1 Å². The predicted octanol–water partition coefficient (Wildman–Crippen LogP) is 16.3. The average molecular weight is 1470 g/mol. The summed E-state index contributed by atoms with van der Waals surface area (Å²) >= 11 is 42.9. The summed E-state index contributed by atoms with van der Waals surface area (Å²) in [6.07, 6.45) is 16.3. The Morgan fingerprint density at radius 3 is 0.938 bits per heavy atom. The van der Waals surface area contributed by atoms with Crippen molar-refractivity contribution in [1.82, 2.24) is 60.6 Å². The number of carbonyl (C=O) groups excluding carboxylic acids is 3. The molecule has 96 heavy (non-hydrogen) atoms. The Morgan fingerprint density at radius 2 is 0.667 bits per heavy atom. The molecule has 0 atom stereocenters. The van der Waals surface area contributed by atoms with E-state index < -0.39 is 0 Å². The van der Waals surface area contributed by atoms with Crippen LogP contribution >= 0.6 is 104 Å². The summed E-state index contributed by atoms with van der Waals surface area (Å²) in [6.45, 7) is 7.28. The Morgan fingerprint density at radius 1 is 0.385 bits per heavy atom. The quantitative estimate of drug-likeness (QED) is 0.106. The molecule has 9 aromatic rings. The van der Waals surface area contributed by atoms with E-state index >= 15 is 0 Å². The molecular formula is C69H66Cl6N12O6S3. The minimum Gasteiger partial charge on any atom is -0.372 e. The zero-order chi connectivity index (χ0) is 66.2. The van der Waals surface area contributed by atoms with E-state index in [0.717, 1.165) is 143 Å². The van der Waals surface area contributed by atoms with Crippen LogP contribution < -0.4 is 16.3 Å². The maximum Gasteiger partial charge on any atom is 0.286 e. The molecule has 0 radical (unpaired) electrons. The number of ether oxygens (including phenoxy) is 3. The van der Waals surface area contributed by atoms with Crippen LogP contribution in [0.25, 0.3) is 52.0 Å². The summed E-state index contributed by atoms with van der Waals surface area (Å²) in [5.74, 6) is -0.686. The monoisotopic (exact) mass is 1460 g/mol. The van der Waals surface area contributed by atoms with Crippen LogP contribution in [0.1, 0.15) is 138 Å². The second-order valence-electron chi connectivity index (χ2n) is 23.5. The van der Waals surface area contributed by atoms with Gasteiger partial charge in [-0.25, -0.2) is 29.1 Å². The number of benzene rings is 3. The largest absolute Gasteiger partial charge is 0.372 e. The number of hydrogen-bond donors (Lipinski definition) is 3. The molecule has 498 valence electrons. The van der Waals surface area contributed by atoms with Gasteiger partial charge in [0.15, 0.2) is 17.1 Å². The Balaban J connectivity index is 0.000000130. The smallest absolute Gasteiger partial charge is 0.286 e. The number of nitrogens with zero attached hydrogens (tertiary/aromatic N) is 9. The molecule has 0 bridgehead atoms. The van der Waals surface area contributed by atoms with Crippen LogP contribution in [0, 0.1) is 0 Å². The maximum atomic E-state index is 13.3. The van der Waals surface area contributed by atoms with Gasteiger partial charge in [-0.05, 0) is 146 Å². The first kappa shape index (κ1) is 68.1. The number of fused-ring (bicyclic) bond motifs is 3. The molecule has 6 aromatic heterocycles. The van der Waals surface area contributed by atoms with Crippen molar-refractivity contribution in [2.75, 3.05) is 59.1 Å². The molecule has 3 N–H and O–H groups in total. The van der Waals surface area contributed by atoms with Crippen molar-refractivity contribution in [2.24, 2.45) is 0 Å². The highest BCUT2D eigenvalue weighted by atomic mass is 35.5. The molecule has 0 aliphatic carbocycles. The van der Waals surface area contributed by atoms with Gasteiger partial charge in [0, 0.05) is 102 Å². The highest BCUT2D eigenvalue weighted by molar-refractivity contribution is 7.11. The van der Waals surface area contributed by atoms with E-state index in [1.165, 1.54) is 19.3 Å². The molecule has 27 heteroatoms. The Labute approximate surface area is 597 Å². The van der Waals surface area contributed by atoms with Gasteiger partial charge < -0.3 is 14.2 Å². The molecule has 6 aliphatic heterocycles. The third-order valence-electron chi connectivity index (χ3n) is 16.9. The average Bonchev–Trinajstić information content (AvgIpc) is 1.63. The molecule has 6 aliphatic rings. The van der Waals surface area contributed by atoms with E-state index in [2.05, 4.69) is 40.6 Å². The zero-order valence-corrected chi connectivity index (χ0v) is 58.9. The van der Waals surface area contributed by atoms with Gasteiger partial charge in [0.05, 0.1) is 88.9 Å². The number of nitrogens with one attached hydrogen (secondary N) is 3. The lowest BCUT2D eigenvalue weighted by atomic mass is 10.0. The number of hydrogen-bond acceptors (Lipinski definition) is 15. The number of hydrazine groups is 3. The van der Waals surface area contributed by atoms with Crippen LogP contribution in [0.2, 0.25) is 30.1 Å². The third kappa shape index (κ3) is 15.8. The van der Waals surface area contributed by atoms with E-state index in [0.29, 0.717) is 104 Å². The SMILES string of the molecule is O=C(NN1CCCC1)c1nn(-c2ccc(Cl)cc2Cl)c2c1COC/C2=C\c1cccs1.O=C(NN1CCCCC1)c1nn(-c2ccc(Cl)cc2Cl)c2c1COC/C2=C\c1cccs1.O=C(NN1CCCCCC1)c1nn(-c2ccc(Cl)cc2Cl)c2c1COC/C2=C\c1cccs1. The second kappa shape index (κ2) is 31.6. The fourth-order valence-electron chi connectivity index (χ4n) is 12.3. The summed E-state index contributed by atoms with van der Waals surface area (Å²) in [5.41, 5.74) is 19.8. The van der Waals surface area contributed by atoms with Gasteiger partial charge in [0.25, 0.3) is 17.7 Å². The van der Waals surface area contributed by atoms with Gasteiger partial charge in [0.2, 0.25) is 0 Å². The summed E-state index contributed by atoms with van der Waals surface area (Å²) in [4.78, 5) is 43.0. The van der Waals surface area contributed by atoms with Crippen molar-refractivity contribution in [2.45, 2.75) is 77.6 Å². The Kier molecular flexibility index (Phi) is 22.4. The highest BCUT2D eigenvalue weighted by Crippen LogP contribution is 2.39. The maximum absolute atomic E-state index is 13.3. The molecule has 0 spiro atoms. The number of amides is 3. The minimum atomic E-state index is -0.233. The zero-order valence-electron chi connectivity index (χ0n) is 51.9. The molecule has 3 amide bonds. The van der Waals surface area contributed by atoms with Crippen LogP contribution in [-0.4, -0.2) is 121 Å². The summed E-state index contributed by atoms with van der Waals surface area (Å²) in [5, 5.41) is 29.2. The second-order valence-corrected chi connectivity index (χ2v) is 29.0. The van der Waals surface area contributed by atoms with Crippen molar-refractivity contribution in [3.63, 3.8) is 0 Å². The predicted molar refractivity (Wildman–Crippen MR) is 385 cm³/mol. The first-order valence-corrected chi connectivity index (χ1v) is 36.6. The van der Waals surface area contributed by atoms with E-state index in [-0.39, 0.29) is 17.7 Å². The summed E-state index contributed by atoms with van der Waals surface area (Å²) in [7, 11) is 0. The van der Waals surface area contributed by atoms with Crippen LogP contribution in [0.5, 0.6) is 0 Å². The third-order valence-corrected chi connectivity index (χ3v) is 20.9. The van der Waals surface area contributed by atoms with Gasteiger partial charge >= 0.3 is 0 Å². The topological polar surface area (TPSA) is 178 Å². The van der Waals surface area contributed by atoms with Gasteiger partial charge in [-0.3, -0.25) is 30.7 Å². The van der Waals surface area contributed by atoms with Crippen LogP contribution in [-0.2, 0) is 34.0 Å². The van der Waals surface area contributed by atoms with Gasteiger partial charge in [-0.1, -0.05) is 107 Å². The fourth-order valence-corrected chi connectivity index (χ4v) is 15.9. The lowest BCUT2D eigenvalue weighted by Crippen LogP contribution is -2.45. The first-order chi connectivity index (χ1) is 46.8. The molecule has 3 saturated heterocycles. The number of rotatable bonds is 12. The standard InChI is InChI=1S/C24H24Cl2N4O2S.C23H22Cl2N4O2S.C22H20Cl2N4O2S/c25-17-7-8-21(20(26)13-17)30-23-16(12-18-6-5-11-33-18)14-32-15-19(23)22(27-30)24(31)28-29-9-3-1-2-4-10-29;24-16-6-7-20(19(25)12-16)29-22-15(11-17-5-4-10-32-17)13-31-14-18(22)21(26-29)23(30)27-28-8-2-1-3-9-28;23-15-5-6-19(18(24)11-15)28-21-14(10-16-4-3-9-31-16)12-30-13-17(21)20(25-28)22(29)26-27-7-1-2-8-27/h5-8,11-13H,1-4,9-10,14-15H2,(H,28,31);4-7,10-12H,1-3,8-9,13-14H2,(H,27,30);3-6,9-11H,1-2,7-8,12-13H2,(H,26,29)/b16-12+;15-11+;14-10+. The fraction of sp³-hybridized carbons (Fsp3) is 0.304. The van der Waals surface area contributed by atoms with Crippen LogP contribution in [0.3, 0.4) is 0 Å².